The molecule has 3 rings (SSSR count). The summed E-state index contributed by atoms with van der Waals surface area (Å²) < 4.78 is 2.70. The van der Waals surface area contributed by atoms with Crippen LogP contribution in [0.25, 0.3) is 5.65 Å². The number of hydrogen-bond acceptors (Lipinski definition) is 5. The van der Waals surface area contributed by atoms with Crippen LogP contribution in [0.4, 0.5) is 5.82 Å². The maximum atomic E-state index is 4.44. The maximum Gasteiger partial charge on any atom is 0.180 e. The van der Waals surface area contributed by atoms with Gasteiger partial charge in [-0.2, -0.15) is 0 Å². The fourth-order valence-corrected chi connectivity index (χ4v) is 3.01. The summed E-state index contributed by atoms with van der Waals surface area (Å²) >= 11 is 5.09. The maximum absolute atomic E-state index is 4.44. The fraction of sp³-hybridized carbons (Fsp3) is 0.250. The molecule has 0 aromatic carbocycles. The largest absolute Gasteiger partial charge is 0.358 e. The van der Waals surface area contributed by atoms with Crippen molar-refractivity contribution in [3.8, 4) is 0 Å². The average Bonchev–Trinajstić information content (AvgIpc) is 2.97. The summed E-state index contributed by atoms with van der Waals surface area (Å²) in [6.45, 7) is 4.12. The third-order valence-electron chi connectivity index (χ3n) is 2.71. The lowest BCUT2D eigenvalue weighted by Gasteiger charge is -2.12. The molecule has 1 atom stereocenters. The van der Waals surface area contributed by atoms with Gasteiger partial charge < -0.3 is 9.72 Å². The van der Waals surface area contributed by atoms with Gasteiger partial charge in [0, 0.05) is 29.7 Å². The Balaban J connectivity index is 1.94. The highest BCUT2D eigenvalue weighted by atomic mass is 79.9. The molecule has 7 heteroatoms. The Morgan fingerprint density at radius 3 is 3.00 bits per heavy atom. The molecule has 0 spiro atoms. The predicted molar refractivity (Wildman–Crippen MR) is 79.6 cm³/mol. The van der Waals surface area contributed by atoms with Crippen molar-refractivity contribution in [2.24, 2.45) is 0 Å². The third kappa shape index (κ3) is 2.48. The van der Waals surface area contributed by atoms with Gasteiger partial charge in [-0.1, -0.05) is 0 Å². The molecule has 3 aromatic rings. The second-order valence-corrected chi connectivity index (χ2v) is 6.32. The van der Waals surface area contributed by atoms with E-state index in [1.54, 1.807) is 17.5 Å². The summed E-state index contributed by atoms with van der Waals surface area (Å²) in [6.07, 6.45) is 7.42. The van der Waals surface area contributed by atoms with E-state index in [1.165, 1.54) is 4.88 Å². The highest BCUT2D eigenvalue weighted by molar-refractivity contribution is 9.10. The number of aromatic nitrogens is 4. The Labute approximate surface area is 122 Å². The standard InChI is InChI=1S/C12H12BrN5S/c1-7-5-15-12(19-7)8(2)16-10-11-14-3-4-18(11)6-9(13)17-10/h3-6,8H,1-2H3,(H,16,17). The van der Waals surface area contributed by atoms with Crippen molar-refractivity contribution in [1.29, 1.82) is 0 Å². The normalized spacial score (nSPS) is 12.8. The monoisotopic (exact) mass is 337 g/mol. The van der Waals surface area contributed by atoms with Gasteiger partial charge in [0.05, 0.1) is 6.04 Å². The van der Waals surface area contributed by atoms with Gasteiger partial charge in [0.15, 0.2) is 11.5 Å². The molecule has 3 aromatic heterocycles. The lowest BCUT2D eigenvalue weighted by molar-refractivity contribution is 0.857. The van der Waals surface area contributed by atoms with Crippen molar-refractivity contribution in [1.82, 2.24) is 19.4 Å². The van der Waals surface area contributed by atoms with Crippen LogP contribution in [0.15, 0.2) is 29.4 Å². The predicted octanol–water partition coefficient (Wildman–Crippen LogP) is 3.43. The number of aryl methyl sites for hydroxylation is 1. The summed E-state index contributed by atoms with van der Waals surface area (Å²) in [5.74, 6) is 0.750. The molecule has 3 heterocycles. The second kappa shape index (κ2) is 4.90. The fourth-order valence-electron chi connectivity index (χ4n) is 1.84. The zero-order chi connectivity index (χ0) is 13.4. The van der Waals surface area contributed by atoms with Crippen LogP contribution in [-0.2, 0) is 0 Å². The minimum Gasteiger partial charge on any atom is -0.358 e. The summed E-state index contributed by atoms with van der Waals surface area (Å²) in [5.41, 5.74) is 0.809. The van der Waals surface area contributed by atoms with E-state index in [9.17, 15) is 0 Å². The molecule has 0 amide bonds. The number of nitrogens with one attached hydrogen (secondary N) is 1. The number of nitrogens with zero attached hydrogens (tertiary/aromatic N) is 4. The molecule has 5 nitrogen and oxygen atoms in total. The molecule has 1 N–H and O–H groups in total. The van der Waals surface area contributed by atoms with Crippen molar-refractivity contribution in [3.05, 3.63) is 39.3 Å². The zero-order valence-electron chi connectivity index (χ0n) is 10.5. The van der Waals surface area contributed by atoms with Gasteiger partial charge in [-0.25, -0.2) is 15.0 Å². The molecule has 98 valence electrons. The van der Waals surface area contributed by atoms with E-state index in [2.05, 4.69) is 50.0 Å². The topological polar surface area (TPSA) is 55.1 Å². The second-order valence-electron chi connectivity index (χ2n) is 4.25. The number of halogens is 1. The van der Waals surface area contributed by atoms with Crippen LogP contribution in [0.5, 0.6) is 0 Å². The Kier molecular flexibility index (Phi) is 3.24. The van der Waals surface area contributed by atoms with Gasteiger partial charge in [-0.15, -0.1) is 11.3 Å². The van der Waals surface area contributed by atoms with Gasteiger partial charge in [0.1, 0.15) is 9.61 Å². The van der Waals surface area contributed by atoms with Crippen LogP contribution in [-0.4, -0.2) is 19.4 Å². The van der Waals surface area contributed by atoms with Crippen molar-refractivity contribution < 1.29 is 0 Å². The Hall–Kier alpha value is -1.47. The number of fused-ring (bicyclic) bond motifs is 1. The van der Waals surface area contributed by atoms with E-state index in [4.69, 9.17) is 0 Å². The summed E-state index contributed by atoms with van der Waals surface area (Å²) in [4.78, 5) is 14.4. The molecule has 0 saturated carbocycles. The van der Waals surface area contributed by atoms with E-state index in [-0.39, 0.29) is 6.04 Å². The van der Waals surface area contributed by atoms with Gasteiger partial charge in [-0.05, 0) is 29.8 Å². The third-order valence-corrected chi connectivity index (χ3v) is 4.19. The molecule has 0 fully saturated rings. The SMILES string of the molecule is Cc1cnc(C(C)Nc2nc(Br)cn3ccnc23)s1. The first-order valence-corrected chi connectivity index (χ1v) is 7.42. The van der Waals surface area contributed by atoms with Crippen molar-refractivity contribution in [2.75, 3.05) is 5.32 Å². The quantitative estimate of drug-likeness (QED) is 0.795. The minimum absolute atomic E-state index is 0.0981. The van der Waals surface area contributed by atoms with Gasteiger partial charge in [0.25, 0.3) is 0 Å². The van der Waals surface area contributed by atoms with E-state index >= 15 is 0 Å². The molecule has 19 heavy (non-hydrogen) atoms. The van der Waals surface area contributed by atoms with E-state index in [1.807, 2.05) is 23.0 Å². The van der Waals surface area contributed by atoms with E-state index in [0.717, 1.165) is 21.1 Å². The summed E-state index contributed by atoms with van der Waals surface area (Å²) in [7, 11) is 0. The first kappa shape index (κ1) is 12.6. The van der Waals surface area contributed by atoms with Crippen molar-refractivity contribution in [3.63, 3.8) is 0 Å². The van der Waals surface area contributed by atoms with Gasteiger partial charge in [-0.3, -0.25) is 0 Å². The number of anilines is 1. The van der Waals surface area contributed by atoms with Gasteiger partial charge >= 0.3 is 0 Å². The van der Waals surface area contributed by atoms with Crippen LogP contribution < -0.4 is 5.32 Å². The number of imidazole rings is 1. The smallest absolute Gasteiger partial charge is 0.180 e. The van der Waals surface area contributed by atoms with Crippen molar-refractivity contribution in [2.45, 2.75) is 19.9 Å². The lowest BCUT2D eigenvalue weighted by Crippen LogP contribution is -2.09. The van der Waals surface area contributed by atoms with Crippen LogP contribution in [0, 0.1) is 6.92 Å². The molecule has 0 aliphatic rings. The Morgan fingerprint density at radius 1 is 1.42 bits per heavy atom. The van der Waals surface area contributed by atoms with Gasteiger partial charge in [0.2, 0.25) is 0 Å². The molecule has 0 bridgehead atoms. The highest BCUT2D eigenvalue weighted by Gasteiger charge is 2.13. The Morgan fingerprint density at radius 2 is 2.26 bits per heavy atom. The van der Waals surface area contributed by atoms with Crippen LogP contribution in [0.1, 0.15) is 22.9 Å². The zero-order valence-corrected chi connectivity index (χ0v) is 12.9. The van der Waals surface area contributed by atoms with E-state index in [0.29, 0.717) is 0 Å². The first-order chi connectivity index (χ1) is 9.13. The van der Waals surface area contributed by atoms with Crippen LogP contribution >= 0.6 is 27.3 Å². The number of hydrogen-bond donors (Lipinski definition) is 1. The minimum atomic E-state index is 0.0981. The molecule has 0 radical (unpaired) electrons. The average molecular weight is 338 g/mol. The molecule has 0 aliphatic heterocycles. The lowest BCUT2D eigenvalue weighted by atomic mass is 10.3. The summed E-state index contributed by atoms with van der Waals surface area (Å²) in [6, 6.07) is 0.0981. The first-order valence-electron chi connectivity index (χ1n) is 5.81. The Bertz CT molecular complexity index is 720. The molecule has 0 saturated heterocycles. The van der Waals surface area contributed by atoms with E-state index < -0.39 is 0 Å². The summed E-state index contributed by atoms with van der Waals surface area (Å²) in [5, 5.41) is 4.41. The molecular weight excluding hydrogens is 326 g/mol. The molecule has 0 aliphatic carbocycles. The number of rotatable bonds is 3. The van der Waals surface area contributed by atoms with Crippen molar-refractivity contribution >= 4 is 38.7 Å². The van der Waals surface area contributed by atoms with Crippen LogP contribution in [0.3, 0.4) is 0 Å². The molecule has 1 unspecified atom stereocenters. The highest BCUT2D eigenvalue weighted by Crippen LogP contribution is 2.25. The molecular formula is C12H12BrN5S. The number of thiazole rings is 1. The van der Waals surface area contributed by atoms with Crippen LogP contribution in [0.2, 0.25) is 0 Å².